The van der Waals surface area contributed by atoms with Gasteiger partial charge in [0.25, 0.3) is 0 Å². The van der Waals surface area contributed by atoms with Gasteiger partial charge in [-0.05, 0) is 30.4 Å². The van der Waals surface area contributed by atoms with Crippen molar-refractivity contribution in [3.63, 3.8) is 0 Å². The molecule has 1 amide bonds. The SMILES string of the molecule is COc1cccc(NC(=O)[C@@H]2C3C=CC(C3)[C@@H]2C(=O)O)c1. The number of carbonyl (C=O) groups is 2. The van der Waals surface area contributed by atoms with Gasteiger partial charge in [-0.3, -0.25) is 9.59 Å². The molecule has 2 N–H and O–H groups in total. The minimum Gasteiger partial charge on any atom is -0.497 e. The predicted octanol–water partition coefficient (Wildman–Crippen LogP) is 2.16. The van der Waals surface area contributed by atoms with E-state index in [1.54, 1.807) is 31.4 Å². The number of rotatable bonds is 4. The molecule has 5 nitrogen and oxygen atoms in total. The fourth-order valence-electron chi connectivity index (χ4n) is 3.44. The summed E-state index contributed by atoms with van der Waals surface area (Å²) in [7, 11) is 1.56. The summed E-state index contributed by atoms with van der Waals surface area (Å²) in [5.41, 5.74) is 0.621. The number of hydrogen-bond donors (Lipinski definition) is 2. The van der Waals surface area contributed by atoms with Gasteiger partial charge in [-0.2, -0.15) is 0 Å². The first-order valence-electron chi connectivity index (χ1n) is 6.96. The highest BCUT2D eigenvalue weighted by molar-refractivity contribution is 5.96. The second kappa shape index (κ2) is 5.24. The number of aliphatic carboxylic acids is 1. The quantitative estimate of drug-likeness (QED) is 0.832. The lowest BCUT2D eigenvalue weighted by molar-refractivity contribution is -0.146. The van der Waals surface area contributed by atoms with Crippen LogP contribution in [0.3, 0.4) is 0 Å². The molecule has 0 aliphatic heterocycles. The molecule has 5 heteroatoms. The van der Waals surface area contributed by atoms with E-state index in [0.29, 0.717) is 11.4 Å². The van der Waals surface area contributed by atoms with Gasteiger partial charge in [-0.25, -0.2) is 0 Å². The number of carboxylic acids is 1. The lowest BCUT2D eigenvalue weighted by Crippen LogP contribution is -2.36. The second-order valence-electron chi connectivity index (χ2n) is 5.56. The van der Waals surface area contributed by atoms with Gasteiger partial charge in [0.15, 0.2) is 0 Å². The van der Waals surface area contributed by atoms with Crippen LogP contribution in [-0.4, -0.2) is 24.1 Å². The number of ether oxygens (including phenoxy) is 1. The van der Waals surface area contributed by atoms with Gasteiger partial charge >= 0.3 is 5.97 Å². The Morgan fingerprint density at radius 3 is 2.62 bits per heavy atom. The summed E-state index contributed by atoms with van der Waals surface area (Å²) in [6, 6.07) is 7.05. The summed E-state index contributed by atoms with van der Waals surface area (Å²) < 4.78 is 5.11. The first-order valence-corrected chi connectivity index (χ1v) is 6.96. The number of fused-ring (bicyclic) bond motifs is 2. The zero-order valence-electron chi connectivity index (χ0n) is 11.7. The molecule has 0 heterocycles. The number of anilines is 1. The van der Waals surface area contributed by atoms with E-state index >= 15 is 0 Å². The summed E-state index contributed by atoms with van der Waals surface area (Å²) in [5, 5.41) is 12.2. The molecule has 1 saturated carbocycles. The summed E-state index contributed by atoms with van der Waals surface area (Å²) >= 11 is 0. The number of hydrogen-bond acceptors (Lipinski definition) is 3. The van der Waals surface area contributed by atoms with E-state index in [2.05, 4.69) is 5.32 Å². The van der Waals surface area contributed by atoms with Crippen LogP contribution in [0.25, 0.3) is 0 Å². The highest BCUT2D eigenvalue weighted by Crippen LogP contribution is 2.48. The van der Waals surface area contributed by atoms with Gasteiger partial charge in [-0.1, -0.05) is 18.2 Å². The maximum Gasteiger partial charge on any atom is 0.307 e. The molecular formula is C16H17NO4. The average molecular weight is 287 g/mol. The average Bonchev–Trinajstić information content (AvgIpc) is 3.07. The number of allylic oxidation sites excluding steroid dienone is 2. The van der Waals surface area contributed by atoms with Crippen molar-refractivity contribution in [1.29, 1.82) is 0 Å². The Balaban J connectivity index is 1.78. The maximum atomic E-state index is 12.5. The Bertz CT molecular complexity index is 610. The van der Waals surface area contributed by atoms with Crippen molar-refractivity contribution in [2.24, 2.45) is 23.7 Å². The molecular weight excluding hydrogens is 270 g/mol. The Morgan fingerprint density at radius 2 is 1.95 bits per heavy atom. The van der Waals surface area contributed by atoms with Crippen molar-refractivity contribution in [3.05, 3.63) is 36.4 Å². The van der Waals surface area contributed by atoms with Gasteiger partial charge < -0.3 is 15.2 Å². The fraction of sp³-hybridized carbons (Fsp3) is 0.375. The molecule has 0 spiro atoms. The number of carboxylic acid groups (broad SMARTS) is 1. The van der Waals surface area contributed by atoms with Crippen molar-refractivity contribution >= 4 is 17.6 Å². The third kappa shape index (κ3) is 2.39. The van der Waals surface area contributed by atoms with Crippen LogP contribution in [0.4, 0.5) is 5.69 Å². The summed E-state index contributed by atoms with van der Waals surface area (Å²) in [4.78, 5) is 23.9. The Kier molecular flexibility index (Phi) is 3.41. The van der Waals surface area contributed by atoms with Crippen LogP contribution in [0.15, 0.2) is 36.4 Å². The number of carbonyl (C=O) groups excluding carboxylic acids is 1. The standard InChI is InChI=1S/C16H17NO4/c1-21-12-4-2-3-11(8-12)17-15(18)13-9-5-6-10(7-9)14(13)16(19)20/h2-6,8-10,13-14H,7H2,1H3,(H,17,18)(H,19,20)/t9?,10?,13-,14+/m1/s1. The Labute approximate surface area is 122 Å². The van der Waals surface area contributed by atoms with Gasteiger partial charge in [0.05, 0.1) is 18.9 Å². The lowest BCUT2D eigenvalue weighted by atomic mass is 9.82. The van der Waals surface area contributed by atoms with Crippen LogP contribution < -0.4 is 10.1 Å². The predicted molar refractivity (Wildman–Crippen MR) is 77.0 cm³/mol. The van der Waals surface area contributed by atoms with E-state index in [4.69, 9.17) is 4.74 Å². The molecule has 4 atom stereocenters. The molecule has 2 bridgehead atoms. The van der Waals surface area contributed by atoms with E-state index in [1.807, 2.05) is 12.2 Å². The van der Waals surface area contributed by atoms with Gasteiger partial charge in [0, 0.05) is 11.8 Å². The largest absolute Gasteiger partial charge is 0.497 e. The summed E-state index contributed by atoms with van der Waals surface area (Å²) in [5.74, 6) is -1.58. The molecule has 2 unspecified atom stereocenters. The van der Waals surface area contributed by atoms with Crippen molar-refractivity contribution in [3.8, 4) is 5.75 Å². The normalized spacial score (nSPS) is 29.4. The molecule has 3 rings (SSSR count). The van der Waals surface area contributed by atoms with Gasteiger partial charge in [0.1, 0.15) is 5.75 Å². The Hall–Kier alpha value is -2.30. The smallest absolute Gasteiger partial charge is 0.307 e. The van der Waals surface area contributed by atoms with Crippen molar-refractivity contribution in [1.82, 2.24) is 0 Å². The fourth-order valence-corrected chi connectivity index (χ4v) is 3.44. The van der Waals surface area contributed by atoms with Gasteiger partial charge in [0.2, 0.25) is 5.91 Å². The highest BCUT2D eigenvalue weighted by atomic mass is 16.5. The van der Waals surface area contributed by atoms with Crippen LogP contribution in [0.5, 0.6) is 5.75 Å². The highest BCUT2D eigenvalue weighted by Gasteiger charge is 2.51. The second-order valence-corrected chi connectivity index (χ2v) is 5.56. The van der Waals surface area contributed by atoms with Crippen molar-refractivity contribution in [2.45, 2.75) is 6.42 Å². The first kappa shape index (κ1) is 13.7. The molecule has 2 aliphatic rings. The van der Waals surface area contributed by atoms with Gasteiger partial charge in [-0.15, -0.1) is 0 Å². The third-order valence-electron chi connectivity index (χ3n) is 4.38. The molecule has 1 aromatic rings. The molecule has 1 fully saturated rings. The van der Waals surface area contributed by atoms with Crippen LogP contribution in [0.1, 0.15) is 6.42 Å². The molecule has 1 aromatic carbocycles. The number of nitrogens with one attached hydrogen (secondary N) is 1. The molecule has 0 aromatic heterocycles. The van der Waals surface area contributed by atoms with Crippen LogP contribution in [0.2, 0.25) is 0 Å². The molecule has 110 valence electrons. The monoisotopic (exact) mass is 287 g/mol. The van der Waals surface area contributed by atoms with E-state index in [-0.39, 0.29) is 17.7 Å². The third-order valence-corrected chi connectivity index (χ3v) is 4.38. The van der Waals surface area contributed by atoms with Crippen LogP contribution in [0, 0.1) is 23.7 Å². The van der Waals surface area contributed by atoms with E-state index in [0.717, 1.165) is 6.42 Å². The molecule has 0 saturated heterocycles. The minimum absolute atomic E-state index is 0.0199. The Morgan fingerprint density at radius 1 is 1.24 bits per heavy atom. The number of methoxy groups -OCH3 is 1. The van der Waals surface area contributed by atoms with E-state index in [1.165, 1.54) is 0 Å². The molecule has 21 heavy (non-hydrogen) atoms. The van der Waals surface area contributed by atoms with Crippen molar-refractivity contribution in [2.75, 3.05) is 12.4 Å². The zero-order chi connectivity index (χ0) is 15.0. The van der Waals surface area contributed by atoms with E-state index in [9.17, 15) is 14.7 Å². The first-order chi connectivity index (χ1) is 10.1. The minimum atomic E-state index is -0.891. The summed E-state index contributed by atoms with van der Waals surface area (Å²) in [6.07, 6.45) is 4.66. The maximum absolute atomic E-state index is 12.5. The topological polar surface area (TPSA) is 75.6 Å². The van der Waals surface area contributed by atoms with Crippen LogP contribution in [-0.2, 0) is 9.59 Å². The number of benzene rings is 1. The van der Waals surface area contributed by atoms with E-state index < -0.39 is 17.8 Å². The van der Waals surface area contributed by atoms with Crippen molar-refractivity contribution < 1.29 is 19.4 Å². The van der Waals surface area contributed by atoms with Crippen LogP contribution >= 0.6 is 0 Å². The lowest BCUT2D eigenvalue weighted by Gasteiger charge is -2.23. The molecule has 2 aliphatic carbocycles. The zero-order valence-corrected chi connectivity index (χ0v) is 11.7. The molecule has 0 radical (unpaired) electrons. The number of amides is 1. The summed E-state index contributed by atoms with van der Waals surface area (Å²) in [6.45, 7) is 0.